The predicted molar refractivity (Wildman–Crippen MR) is 111 cm³/mol. The molecule has 8 heteroatoms. The molecule has 2 heterocycles. The molecule has 0 saturated carbocycles. The average Bonchev–Trinajstić information content (AvgIpc) is 3.08. The van der Waals surface area contributed by atoms with E-state index in [0.717, 1.165) is 12.8 Å². The summed E-state index contributed by atoms with van der Waals surface area (Å²) in [5.41, 5.74) is 1.83. The molecule has 3 rings (SSSR count). The number of anilines is 2. The summed E-state index contributed by atoms with van der Waals surface area (Å²) in [6, 6.07) is 12.1. The molecule has 0 spiro atoms. The first kappa shape index (κ1) is 20.1. The molecule has 0 aliphatic rings. The second-order valence-corrected chi connectivity index (χ2v) is 6.57. The minimum Gasteiger partial charge on any atom is -0.351 e. The molecule has 3 amide bonds. The van der Waals surface area contributed by atoms with Crippen LogP contribution in [0.2, 0.25) is 0 Å². The van der Waals surface area contributed by atoms with Crippen LogP contribution in [-0.2, 0) is 4.79 Å². The summed E-state index contributed by atoms with van der Waals surface area (Å²) in [4.78, 5) is 40.9. The number of fused-ring (bicyclic) bond motifs is 1. The molecule has 8 nitrogen and oxygen atoms in total. The molecule has 1 aromatic carbocycles. The van der Waals surface area contributed by atoms with E-state index in [9.17, 15) is 14.4 Å². The number of benzene rings is 1. The van der Waals surface area contributed by atoms with Crippen LogP contribution in [0.4, 0.5) is 11.4 Å². The number of unbranched alkanes of at least 4 members (excludes halogenated alkanes) is 1. The molecule has 2 aromatic heterocycles. The van der Waals surface area contributed by atoms with E-state index in [0.29, 0.717) is 23.4 Å². The van der Waals surface area contributed by atoms with Crippen molar-refractivity contribution in [2.24, 2.45) is 0 Å². The Hall–Kier alpha value is -3.68. The first-order valence-electron chi connectivity index (χ1n) is 9.44. The van der Waals surface area contributed by atoms with Gasteiger partial charge >= 0.3 is 0 Å². The van der Waals surface area contributed by atoms with E-state index in [2.05, 4.69) is 20.9 Å². The number of amides is 3. The molecule has 0 unspecified atom stereocenters. The molecule has 0 radical (unpaired) electrons. The van der Waals surface area contributed by atoms with Crippen LogP contribution < -0.4 is 16.0 Å². The summed E-state index contributed by atoms with van der Waals surface area (Å²) in [5, 5.41) is 8.26. The Morgan fingerprint density at radius 2 is 1.76 bits per heavy atom. The van der Waals surface area contributed by atoms with E-state index in [1.54, 1.807) is 53.1 Å². The van der Waals surface area contributed by atoms with Gasteiger partial charge in [0.15, 0.2) is 5.69 Å². The highest BCUT2D eigenvalue weighted by Gasteiger charge is 2.21. The minimum absolute atomic E-state index is 0.103. The Balaban J connectivity index is 1.86. The van der Waals surface area contributed by atoms with Gasteiger partial charge in [0.1, 0.15) is 0 Å². The van der Waals surface area contributed by atoms with Gasteiger partial charge in [0.05, 0.1) is 5.52 Å². The Kier molecular flexibility index (Phi) is 6.23. The summed E-state index contributed by atoms with van der Waals surface area (Å²) in [6.07, 6.45) is 3.53. The summed E-state index contributed by atoms with van der Waals surface area (Å²) in [7, 11) is 0. The summed E-state index contributed by atoms with van der Waals surface area (Å²) < 4.78 is 1.59. The number of nitrogens with one attached hydrogen (secondary N) is 3. The van der Waals surface area contributed by atoms with Crippen molar-refractivity contribution < 1.29 is 14.4 Å². The van der Waals surface area contributed by atoms with Gasteiger partial charge in [-0.2, -0.15) is 0 Å². The number of carbonyl (C=O) groups excluding carboxylic acids is 3. The Bertz CT molecular complexity index is 1060. The van der Waals surface area contributed by atoms with Crippen LogP contribution in [-0.4, -0.2) is 33.7 Å². The van der Waals surface area contributed by atoms with Crippen LogP contribution in [0, 0.1) is 0 Å². The largest absolute Gasteiger partial charge is 0.351 e. The lowest BCUT2D eigenvalue weighted by atomic mass is 10.2. The first-order valence-corrected chi connectivity index (χ1v) is 9.44. The molecule has 29 heavy (non-hydrogen) atoms. The lowest BCUT2D eigenvalue weighted by molar-refractivity contribution is -0.114. The van der Waals surface area contributed by atoms with Gasteiger partial charge in [-0.25, -0.2) is 4.98 Å². The molecule has 0 bridgehead atoms. The lowest BCUT2D eigenvalue weighted by Crippen LogP contribution is -2.25. The van der Waals surface area contributed by atoms with Crippen LogP contribution in [0.25, 0.3) is 5.52 Å². The number of hydrogen-bond acceptors (Lipinski definition) is 4. The van der Waals surface area contributed by atoms with Gasteiger partial charge in [0.25, 0.3) is 11.8 Å². The van der Waals surface area contributed by atoms with E-state index in [4.69, 9.17) is 0 Å². The fourth-order valence-corrected chi connectivity index (χ4v) is 2.89. The molecule has 3 N–H and O–H groups in total. The van der Waals surface area contributed by atoms with Crippen LogP contribution in [0.15, 0.2) is 48.7 Å². The maximum atomic E-state index is 12.8. The van der Waals surface area contributed by atoms with Crippen molar-refractivity contribution in [1.29, 1.82) is 0 Å². The normalized spacial score (nSPS) is 10.6. The van der Waals surface area contributed by atoms with Gasteiger partial charge in [-0.15, -0.1) is 0 Å². The van der Waals surface area contributed by atoms with E-state index < -0.39 is 5.91 Å². The van der Waals surface area contributed by atoms with Crippen molar-refractivity contribution in [2.75, 3.05) is 17.2 Å². The van der Waals surface area contributed by atoms with Gasteiger partial charge in [0.2, 0.25) is 11.7 Å². The zero-order chi connectivity index (χ0) is 20.8. The maximum Gasteiger partial charge on any atom is 0.292 e. The predicted octanol–water partition coefficient (Wildman–Crippen LogP) is 3.07. The van der Waals surface area contributed by atoms with Crippen LogP contribution in [0.1, 0.15) is 47.8 Å². The standard InChI is InChI=1S/C21H23N5O3/c1-3-4-11-22-20(28)18-17-10-5-6-12-26(17)19(25-18)21(29)24-16-9-7-8-15(13-16)23-14(2)27/h5-10,12-13H,3-4,11H2,1-2H3,(H,22,28)(H,23,27)(H,24,29). The molecule has 0 aliphatic carbocycles. The maximum absolute atomic E-state index is 12.8. The van der Waals surface area contributed by atoms with Crippen LogP contribution in [0.3, 0.4) is 0 Å². The number of rotatable bonds is 7. The fraction of sp³-hybridized carbons (Fsp3) is 0.238. The van der Waals surface area contributed by atoms with Crippen LogP contribution in [0.5, 0.6) is 0 Å². The molecule has 0 fully saturated rings. The average molecular weight is 393 g/mol. The van der Waals surface area contributed by atoms with Gasteiger partial charge < -0.3 is 16.0 Å². The van der Waals surface area contributed by atoms with Crippen molar-refractivity contribution in [2.45, 2.75) is 26.7 Å². The zero-order valence-electron chi connectivity index (χ0n) is 16.4. The highest BCUT2D eigenvalue weighted by molar-refractivity contribution is 6.06. The van der Waals surface area contributed by atoms with E-state index in [1.165, 1.54) is 6.92 Å². The molecular weight excluding hydrogens is 370 g/mol. The number of hydrogen-bond donors (Lipinski definition) is 3. The number of imidazole rings is 1. The van der Waals surface area contributed by atoms with Gasteiger partial charge in [0, 0.05) is 31.0 Å². The van der Waals surface area contributed by atoms with Gasteiger partial charge in [-0.3, -0.25) is 18.8 Å². The monoisotopic (exact) mass is 393 g/mol. The van der Waals surface area contributed by atoms with E-state index in [-0.39, 0.29) is 23.3 Å². The fourth-order valence-electron chi connectivity index (χ4n) is 2.89. The number of aromatic nitrogens is 2. The number of pyridine rings is 1. The zero-order valence-corrected chi connectivity index (χ0v) is 16.4. The Labute approximate surface area is 168 Å². The summed E-state index contributed by atoms with van der Waals surface area (Å²) in [6.45, 7) is 4.01. The summed E-state index contributed by atoms with van der Waals surface area (Å²) >= 11 is 0. The van der Waals surface area contributed by atoms with Crippen molar-refractivity contribution in [3.8, 4) is 0 Å². The third kappa shape index (κ3) is 4.78. The highest BCUT2D eigenvalue weighted by atomic mass is 16.2. The first-order chi connectivity index (χ1) is 14.0. The third-order valence-corrected chi connectivity index (χ3v) is 4.22. The molecule has 150 valence electrons. The molecular formula is C21H23N5O3. The topological polar surface area (TPSA) is 105 Å². The van der Waals surface area contributed by atoms with Gasteiger partial charge in [-0.05, 0) is 36.8 Å². The molecule has 0 aliphatic heterocycles. The number of nitrogens with zero attached hydrogens (tertiary/aromatic N) is 2. The quantitative estimate of drug-likeness (QED) is 0.537. The Morgan fingerprint density at radius 3 is 2.48 bits per heavy atom. The van der Waals surface area contributed by atoms with Crippen LogP contribution >= 0.6 is 0 Å². The van der Waals surface area contributed by atoms with E-state index in [1.807, 2.05) is 6.92 Å². The van der Waals surface area contributed by atoms with Crippen molar-refractivity contribution in [3.05, 3.63) is 60.2 Å². The molecule has 3 aromatic rings. The van der Waals surface area contributed by atoms with Crippen molar-refractivity contribution in [3.63, 3.8) is 0 Å². The molecule has 0 saturated heterocycles. The highest BCUT2D eigenvalue weighted by Crippen LogP contribution is 2.18. The van der Waals surface area contributed by atoms with Gasteiger partial charge in [-0.1, -0.05) is 25.5 Å². The smallest absolute Gasteiger partial charge is 0.292 e. The lowest BCUT2D eigenvalue weighted by Gasteiger charge is -2.07. The number of carbonyl (C=O) groups is 3. The summed E-state index contributed by atoms with van der Waals surface area (Å²) in [5.74, 6) is -0.870. The SMILES string of the molecule is CCCCNC(=O)c1nc(C(=O)Nc2cccc(NC(C)=O)c2)n2ccccc12. The second kappa shape index (κ2) is 9.01. The third-order valence-electron chi connectivity index (χ3n) is 4.22. The van der Waals surface area contributed by atoms with E-state index >= 15 is 0 Å². The van der Waals surface area contributed by atoms with Crippen molar-refractivity contribution in [1.82, 2.24) is 14.7 Å². The minimum atomic E-state index is -0.459. The second-order valence-electron chi connectivity index (χ2n) is 6.57. The van der Waals surface area contributed by atoms with Crippen molar-refractivity contribution >= 4 is 34.6 Å². The Morgan fingerprint density at radius 1 is 1.00 bits per heavy atom. The molecule has 0 atom stereocenters.